The number of halogens is 2. The van der Waals surface area contributed by atoms with E-state index in [1.54, 1.807) is 6.07 Å². The van der Waals surface area contributed by atoms with Crippen LogP contribution in [0.2, 0.25) is 5.02 Å². The van der Waals surface area contributed by atoms with Crippen LogP contribution in [0.25, 0.3) is 0 Å². The molecule has 3 unspecified atom stereocenters. The van der Waals surface area contributed by atoms with Gasteiger partial charge >= 0.3 is 0 Å². The summed E-state index contributed by atoms with van der Waals surface area (Å²) in [5.74, 6) is -0.419. The maximum absolute atomic E-state index is 13.5. The Labute approximate surface area is 128 Å². The molecule has 2 rings (SSSR count). The van der Waals surface area contributed by atoms with Crippen LogP contribution >= 0.6 is 11.6 Å². The molecule has 116 valence electrons. The lowest BCUT2D eigenvalue weighted by Gasteiger charge is -2.17. The van der Waals surface area contributed by atoms with Crippen molar-refractivity contribution in [2.75, 3.05) is 6.61 Å². The number of unbranched alkanes of at least 4 members (excludes halogenated alkanes) is 1. The molecule has 1 saturated heterocycles. The summed E-state index contributed by atoms with van der Waals surface area (Å²) in [4.78, 5) is 10.0. The number of carbonyl (C=O) groups excluding carboxylic acids is 1. The molecule has 0 bridgehead atoms. The average molecular weight is 315 g/mol. The number of carbonyl (C=O) groups is 1. The number of benzene rings is 1. The van der Waals surface area contributed by atoms with Gasteiger partial charge in [0.15, 0.2) is 0 Å². The first kappa shape index (κ1) is 16.2. The molecule has 3 N–H and O–H groups in total. The number of ether oxygens (including phenoxy) is 1. The molecule has 1 heterocycles. The second-order valence-electron chi connectivity index (χ2n) is 5.38. The van der Waals surface area contributed by atoms with Gasteiger partial charge < -0.3 is 15.8 Å². The Kier molecular flexibility index (Phi) is 5.96. The SMILES string of the molecule is NC1CC(CCCCOC=O)NC1c1ccc(Cl)c(F)c1. The van der Waals surface area contributed by atoms with E-state index in [2.05, 4.69) is 10.1 Å². The minimum absolute atomic E-state index is 0.0400. The zero-order chi connectivity index (χ0) is 15.2. The van der Waals surface area contributed by atoms with Crippen LogP contribution in [0.5, 0.6) is 0 Å². The van der Waals surface area contributed by atoms with Gasteiger partial charge in [-0.05, 0) is 43.4 Å². The molecule has 1 aromatic rings. The van der Waals surface area contributed by atoms with E-state index in [0.717, 1.165) is 31.2 Å². The van der Waals surface area contributed by atoms with E-state index in [1.807, 2.05) is 6.07 Å². The monoisotopic (exact) mass is 314 g/mol. The number of hydrogen-bond acceptors (Lipinski definition) is 4. The van der Waals surface area contributed by atoms with E-state index in [0.29, 0.717) is 19.1 Å². The van der Waals surface area contributed by atoms with Crippen LogP contribution in [-0.2, 0) is 9.53 Å². The lowest BCUT2D eigenvalue weighted by Crippen LogP contribution is -2.29. The van der Waals surface area contributed by atoms with Crippen molar-refractivity contribution in [3.63, 3.8) is 0 Å². The third kappa shape index (κ3) is 4.40. The Morgan fingerprint density at radius 3 is 3.00 bits per heavy atom. The zero-order valence-corrected chi connectivity index (χ0v) is 12.5. The van der Waals surface area contributed by atoms with E-state index in [1.165, 1.54) is 6.07 Å². The Morgan fingerprint density at radius 2 is 2.29 bits per heavy atom. The standard InChI is InChI=1S/C15H20ClFN2O2/c16-12-5-4-10(7-13(12)17)15-14(18)8-11(19-15)3-1-2-6-21-9-20/h4-5,7,9,11,14-15,19H,1-3,6,8,18H2. The van der Waals surface area contributed by atoms with Crippen molar-refractivity contribution in [3.05, 3.63) is 34.6 Å². The van der Waals surface area contributed by atoms with Gasteiger partial charge in [0.05, 0.1) is 11.6 Å². The summed E-state index contributed by atoms with van der Waals surface area (Å²) in [5, 5.41) is 3.57. The predicted octanol–water partition coefficient (Wildman–Crippen LogP) is 2.55. The van der Waals surface area contributed by atoms with Crippen molar-refractivity contribution in [1.29, 1.82) is 0 Å². The van der Waals surface area contributed by atoms with Crippen LogP contribution in [-0.4, -0.2) is 25.2 Å². The van der Waals surface area contributed by atoms with Crippen LogP contribution in [0, 0.1) is 5.82 Å². The first-order chi connectivity index (χ1) is 10.1. The molecule has 0 aliphatic carbocycles. The minimum Gasteiger partial charge on any atom is -0.468 e. The fourth-order valence-electron chi connectivity index (χ4n) is 2.78. The number of nitrogens with two attached hydrogens (primary N) is 1. The van der Waals surface area contributed by atoms with E-state index < -0.39 is 5.82 Å². The Balaban J connectivity index is 1.85. The van der Waals surface area contributed by atoms with Crippen molar-refractivity contribution >= 4 is 18.1 Å². The molecular weight excluding hydrogens is 295 g/mol. The molecule has 0 saturated carbocycles. The molecule has 0 amide bonds. The van der Waals surface area contributed by atoms with Crippen molar-refractivity contribution in [2.24, 2.45) is 5.73 Å². The van der Waals surface area contributed by atoms with Gasteiger partial charge in [0.2, 0.25) is 0 Å². The van der Waals surface area contributed by atoms with Crippen LogP contribution in [0.1, 0.15) is 37.3 Å². The predicted molar refractivity (Wildman–Crippen MR) is 79.5 cm³/mol. The Morgan fingerprint density at radius 1 is 1.48 bits per heavy atom. The third-order valence-corrected chi connectivity index (χ3v) is 4.14. The van der Waals surface area contributed by atoms with Gasteiger partial charge in [-0.3, -0.25) is 4.79 Å². The highest BCUT2D eigenvalue weighted by atomic mass is 35.5. The number of nitrogens with one attached hydrogen (secondary N) is 1. The summed E-state index contributed by atoms with van der Waals surface area (Å²) < 4.78 is 18.2. The van der Waals surface area contributed by atoms with E-state index in [4.69, 9.17) is 17.3 Å². The van der Waals surface area contributed by atoms with Crippen molar-refractivity contribution in [3.8, 4) is 0 Å². The fraction of sp³-hybridized carbons (Fsp3) is 0.533. The summed E-state index contributed by atoms with van der Waals surface area (Å²) in [6, 6.07) is 5.03. The molecule has 21 heavy (non-hydrogen) atoms. The van der Waals surface area contributed by atoms with Gasteiger partial charge in [-0.2, -0.15) is 0 Å². The quantitative estimate of drug-likeness (QED) is 0.599. The molecule has 6 heteroatoms. The summed E-state index contributed by atoms with van der Waals surface area (Å²) in [6.07, 6.45) is 3.61. The molecule has 1 aliphatic rings. The largest absolute Gasteiger partial charge is 0.468 e. The molecule has 1 aromatic carbocycles. The molecular formula is C15H20ClFN2O2. The highest BCUT2D eigenvalue weighted by molar-refractivity contribution is 6.30. The number of hydrogen-bond donors (Lipinski definition) is 2. The first-order valence-electron chi connectivity index (χ1n) is 7.13. The summed E-state index contributed by atoms with van der Waals surface area (Å²) >= 11 is 5.70. The third-order valence-electron chi connectivity index (χ3n) is 3.84. The maximum atomic E-state index is 13.5. The number of rotatable bonds is 7. The maximum Gasteiger partial charge on any atom is 0.293 e. The highest BCUT2D eigenvalue weighted by Crippen LogP contribution is 2.29. The minimum atomic E-state index is -0.419. The van der Waals surface area contributed by atoms with Gasteiger partial charge in [-0.1, -0.05) is 17.7 Å². The highest BCUT2D eigenvalue weighted by Gasteiger charge is 2.31. The summed E-state index contributed by atoms with van der Waals surface area (Å²) in [6.45, 7) is 0.920. The zero-order valence-electron chi connectivity index (χ0n) is 11.7. The lowest BCUT2D eigenvalue weighted by atomic mass is 10.0. The van der Waals surface area contributed by atoms with E-state index >= 15 is 0 Å². The van der Waals surface area contributed by atoms with Crippen LogP contribution in [0.3, 0.4) is 0 Å². The molecule has 0 aromatic heterocycles. The van der Waals surface area contributed by atoms with Gasteiger partial charge in [-0.15, -0.1) is 0 Å². The smallest absolute Gasteiger partial charge is 0.293 e. The van der Waals surface area contributed by atoms with Gasteiger partial charge in [-0.25, -0.2) is 4.39 Å². The van der Waals surface area contributed by atoms with Crippen molar-refractivity contribution in [2.45, 2.75) is 43.8 Å². The van der Waals surface area contributed by atoms with Gasteiger partial charge in [0, 0.05) is 18.1 Å². The van der Waals surface area contributed by atoms with Gasteiger partial charge in [0.1, 0.15) is 5.82 Å². The normalized spacial score (nSPS) is 25.0. The van der Waals surface area contributed by atoms with Crippen molar-refractivity contribution in [1.82, 2.24) is 5.32 Å². The molecule has 4 nitrogen and oxygen atoms in total. The van der Waals surface area contributed by atoms with E-state index in [9.17, 15) is 9.18 Å². The second kappa shape index (κ2) is 7.73. The molecule has 1 aliphatic heterocycles. The summed E-state index contributed by atoms with van der Waals surface area (Å²) in [5.41, 5.74) is 6.98. The average Bonchev–Trinajstić information content (AvgIpc) is 2.83. The Bertz CT molecular complexity index is 487. The van der Waals surface area contributed by atoms with Gasteiger partial charge in [0.25, 0.3) is 6.47 Å². The first-order valence-corrected chi connectivity index (χ1v) is 7.51. The van der Waals surface area contributed by atoms with Crippen LogP contribution in [0.4, 0.5) is 4.39 Å². The topological polar surface area (TPSA) is 64.3 Å². The Hall–Kier alpha value is -1.17. The fourth-order valence-corrected chi connectivity index (χ4v) is 2.90. The second-order valence-corrected chi connectivity index (χ2v) is 5.78. The lowest BCUT2D eigenvalue weighted by molar-refractivity contribution is -0.128. The van der Waals surface area contributed by atoms with E-state index in [-0.39, 0.29) is 17.1 Å². The molecule has 3 atom stereocenters. The molecule has 0 spiro atoms. The molecule has 0 radical (unpaired) electrons. The molecule has 1 fully saturated rings. The summed E-state index contributed by atoms with van der Waals surface area (Å²) in [7, 11) is 0. The van der Waals surface area contributed by atoms with Crippen LogP contribution in [0.15, 0.2) is 18.2 Å². The van der Waals surface area contributed by atoms with Crippen molar-refractivity contribution < 1.29 is 13.9 Å². The van der Waals surface area contributed by atoms with Crippen LogP contribution < -0.4 is 11.1 Å².